The SMILES string of the molecule is CN1C[C@H](C(=O)NC2COc3ccccc3C2)[C@@H](c2ccccc2)C1. The summed E-state index contributed by atoms with van der Waals surface area (Å²) in [6.07, 6.45) is 0.834. The van der Waals surface area contributed by atoms with Gasteiger partial charge in [0.15, 0.2) is 0 Å². The number of hydrogen-bond acceptors (Lipinski definition) is 3. The van der Waals surface area contributed by atoms with Crippen molar-refractivity contribution in [3.8, 4) is 5.75 Å². The topological polar surface area (TPSA) is 41.6 Å². The minimum atomic E-state index is -0.00966. The molecule has 1 amide bonds. The maximum atomic E-state index is 13.0. The molecule has 1 fully saturated rings. The number of likely N-dealkylation sites (tertiary alicyclic amines) is 1. The van der Waals surface area contributed by atoms with Crippen molar-refractivity contribution in [3.05, 3.63) is 65.7 Å². The van der Waals surface area contributed by atoms with Gasteiger partial charge in [-0.3, -0.25) is 4.79 Å². The summed E-state index contributed by atoms with van der Waals surface area (Å²) in [7, 11) is 2.09. The first kappa shape index (κ1) is 16.2. The van der Waals surface area contributed by atoms with Crippen LogP contribution >= 0.6 is 0 Å². The molecule has 2 aromatic carbocycles. The molecule has 1 saturated heterocycles. The highest BCUT2D eigenvalue weighted by Crippen LogP contribution is 2.32. The lowest BCUT2D eigenvalue weighted by molar-refractivity contribution is -0.126. The number of carbonyl (C=O) groups is 1. The molecule has 2 aliphatic rings. The van der Waals surface area contributed by atoms with Crippen LogP contribution in [-0.4, -0.2) is 43.6 Å². The largest absolute Gasteiger partial charge is 0.491 e. The van der Waals surface area contributed by atoms with E-state index in [1.54, 1.807) is 0 Å². The fourth-order valence-corrected chi connectivity index (χ4v) is 4.03. The molecule has 0 radical (unpaired) electrons. The summed E-state index contributed by atoms with van der Waals surface area (Å²) in [5, 5.41) is 3.23. The number of fused-ring (bicyclic) bond motifs is 1. The molecular formula is C21H24N2O2. The molecule has 0 saturated carbocycles. The summed E-state index contributed by atoms with van der Waals surface area (Å²) in [5.41, 5.74) is 2.42. The number of rotatable bonds is 3. The van der Waals surface area contributed by atoms with E-state index in [-0.39, 0.29) is 23.8 Å². The summed E-state index contributed by atoms with van der Waals surface area (Å²) < 4.78 is 5.81. The van der Waals surface area contributed by atoms with E-state index in [9.17, 15) is 4.79 Å². The van der Waals surface area contributed by atoms with Gasteiger partial charge in [0, 0.05) is 19.0 Å². The highest BCUT2D eigenvalue weighted by Gasteiger charge is 2.37. The first-order chi connectivity index (χ1) is 12.2. The zero-order valence-electron chi connectivity index (χ0n) is 14.5. The van der Waals surface area contributed by atoms with Crippen LogP contribution in [0.15, 0.2) is 54.6 Å². The van der Waals surface area contributed by atoms with Crippen LogP contribution in [0.2, 0.25) is 0 Å². The van der Waals surface area contributed by atoms with Crippen molar-refractivity contribution in [3.63, 3.8) is 0 Å². The Kier molecular flexibility index (Phi) is 4.45. The summed E-state index contributed by atoms with van der Waals surface area (Å²) in [6.45, 7) is 2.27. The van der Waals surface area contributed by atoms with Crippen molar-refractivity contribution in [2.24, 2.45) is 5.92 Å². The van der Waals surface area contributed by atoms with E-state index in [2.05, 4.69) is 47.6 Å². The Bertz CT molecular complexity index is 747. The molecule has 25 heavy (non-hydrogen) atoms. The number of benzene rings is 2. The molecule has 0 aromatic heterocycles. The highest BCUT2D eigenvalue weighted by atomic mass is 16.5. The first-order valence-electron chi connectivity index (χ1n) is 8.95. The van der Waals surface area contributed by atoms with Crippen LogP contribution in [0.4, 0.5) is 0 Å². The van der Waals surface area contributed by atoms with Crippen LogP contribution in [0.25, 0.3) is 0 Å². The van der Waals surface area contributed by atoms with Crippen LogP contribution in [0.5, 0.6) is 5.75 Å². The fraction of sp³-hybridized carbons (Fsp3) is 0.381. The Hall–Kier alpha value is -2.33. The number of nitrogens with zero attached hydrogens (tertiary/aromatic N) is 1. The van der Waals surface area contributed by atoms with Crippen molar-refractivity contribution in [2.45, 2.75) is 18.4 Å². The second kappa shape index (κ2) is 6.89. The van der Waals surface area contributed by atoms with E-state index < -0.39 is 0 Å². The van der Waals surface area contributed by atoms with Gasteiger partial charge in [0.2, 0.25) is 5.91 Å². The minimum Gasteiger partial charge on any atom is -0.491 e. The number of carbonyl (C=O) groups excluding carboxylic acids is 1. The average molecular weight is 336 g/mol. The molecule has 0 spiro atoms. The van der Waals surface area contributed by atoms with Gasteiger partial charge in [-0.2, -0.15) is 0 Å². The minimum absolute atomic E-state index is 0.00966. The van der Waals surface area contributed by atoms with E-state index in [0.29, 0.717) is 6.61 Å². The third kappa shape index (κ3) is 3.40. The fourth-order valence-electron chi connectivity index (χ4n) is 4.03. The molecule has 4 heteroatoms. The zero-order chi connectivity index (χ0) is 17.2. The zero-order valence-corrected chi connectivity index (χ0v) is 14.5. The van der Waals surface area contributed by atoms with Crippen LogP contribution in [0, 0.1) is 5.92 Å². The maximum Gasteiger partial charge on any atom is 0.225 e. The number of likely N-dealkylation sites (N-methyl/N-ethyl adjacent to an activating group) is 1. The van der Waals surface area contributed by atoms with Crippen molar-refractivity contribution in [2.75, 3.05) is 26.7 Å². The van der Waals surface area contributed by atoms with Crippen molar-refractivity contribution < 1.29 is 9.53 Å². The lowest BCUT2D eigenvalue weighted by Gasteiger charge is -2.28. The number of amides is 1. The van der Waals surface area contributed by atoms with Gasteiger partial charge in [0.25, 0.3) is 0 Å². The van der Waals surface area contributed by atoms with E-state index in [4.69, 9.17) is 4.74 Å². The molecular weight excluding hydrogens is 312 g/mol. The summed E-state index contributed by atoms with van der Waals surface area (Å²) in [5.74, 6) is 1.33. The van der Waals surface area contributed by atoms with Gasteiger partial charge in [-0.05, 0) is 30.7 Å². The number of hydrogen-bond donors (Lipinski definition) is 1. The third-order valence-electron chi connectivity index (χ3n) is 5.29. The molecule has 2 aromatic rings. The number of nitrogens with one attached hydrogen (secondary N) is 1. The lowest BCUT2D eigenvalue weighted by Crippen LogP contribution is -2.46. The summed E-state index contributed by atoms with van der Waals surface area (Å²) >= 11 is 0. The smallest absolute Gasteiger partial charge is 0.225 e. The Labute approximate surface area is 148 Å². The molecule has 0 bridgehead atoms. The summed E-state index contributed by atoms with van der Waals surface area (Å²) in [4.78, 5) is 15.2. The quantitative estimate of drug-likeness (QED) is 0.936. The molecule has 4 nitrogen and oxygen atoms in total. The number of para-hydroxylation sites is 1. The van der Waals surface area contributed by atoms with Crippen LogP contribution < -0.4 is 10.1 Å². The maximum absolute atomic E-state index is 13.0. The molecule has 1 N–H and O–H groups in total. The second-order valence-corrected chi connectivity index (χ2v) is 7.17. The number of ether oxygens (including phenoxy) is 1. The average Bonchev–Trinajstić information content (AvgIpc) is 3.04. The second-order valence-electron chi connectivity index (χ2n) is 7.17. The van der Waals surface area contributed by atoms with Crippen LogP contribution in [0.1, 0.15) is 17.0 Å². The van der Waals surface area contributed by atoms with Gasteiger partial charge in [0.05, 0.1) is 12.0 Å². The van der Waals surface area contributed by atoms with Crippen LogP contribution in [-0.2, 0) is 11.2 Å². The van der Waals surface area contributed by atoms with Crippen molar-refractivity contribution in [1.82, 2.24) is 10.2 Å². The molecule has 1 unspecified atom stereocenters. The predicted molar refractivity (Wildman–Crippen MR) is 97.7 cm³/mol. The first-order valence-corrected chi connectivity index (χ1v) is 8.95. The van der Waals surface area contributed by atoms with Gasteiger partial charge in [-0.1, -0.05) is 48.5 Å². The highest BCUT2D eigenvalue weighted by molar-refractivity contribution is 5.81. The standard InChI is InChI=1S/C21H24N2O2/c1-23-12-18(15-7-3-2-4-8-15)19(13-23)21(24)22-17-11-16-9-5-6-10-20(16)25-14-17/h2-10,17-19H,11-14H2,1H3,(H,22,24)/t17?,18-,19+/m1/s1. The van der Waals surface area contributed by atoms with Gasteiger partial charge >= 0.3 is 0 Å². The normalized spacial score (nSPS) is 25.9. The van der Waals surface area contributed by atoms with Gasteiger partial charge in [-0.15, -0.1) is 0 Å². The van der Waals surface area contributed by atoms with E-state index >= 15 is 0 Å². The Balaban J connectivity index is 1.45. The third-order valence-corrected chi connectivity index (χ3v) is 5.29. The van der Waals surface area contributed by atoms with Gasteiger partial charge in [0.1, 0.15) is 12.4 Å². The molecule has 3 atom stereocenters. The Morgan fingerprint density at radius 3 is 2.68 bits per heavy atom. The van der Waals surface area contributed by atoms with Crippen molar-refractivity contribution in [1.29, 1.82) is 0 Å². The molecule has 4 rings (SSSR count). The van der Waals surface area contributed by atoms with Gasteiger partial charge in [-0.25, -0.2) is 0 Å². The molecule has 130 valence electrons. The van der Waals surface area contributed by atoms with Crippen LogP contribution in [0.3, 0.4) is 0 Å². The Morgan fingerprint density at radius 1 is 1.08 bits per heavy atom. The van der Waals surface area contributed by atoms with Gasteiger partial charge < -0.3 is 15.0 Å². The lowest BCUT2D eigenvalue weighted by atomic mass is 9.88. The van der Waals surface area contributed by atoms with E-state index in [0.717, 1.165) is 25.3 Å². The summed E-state index contributed by atoms with van der Waals surface area (Å²) in [6, 6.07) is 18.5. The predicted octanol–water partition coefficient (Wildman–Crippen LogP) is 2.45. The molecule has 2 aliphatic heterocycles. The monoisotopic (exact) mass is 336 g/mol. The van der Waals surface area contributed by atoms with Crippen molar-refractivity contribution >= 4 is 5.91 Å². The Morgan fingerprint density at radius 2 is 1.84 bits per heavy atom. The molecule has 2 heterocycles. The van der Waals surface area contributed by atoms with E-state index in [1.807, 2.05) is 24.3 Å². The van der Waals surface area contributed by atoms with E-state index in [1.165, 1.54) is 11.1 Å². The molecule has 0 aliphatic carbocycles.